The van der Waals surface area contributed by atoms with E-state index in [4.69, 9.17) is 28.6 Å². The summed E-state index contributed by atoms with van der Waals surface area (Å²) >= 11 is 11.8. The van der Waals surface area contributed by atoms with Crippen molar-refractivity contribution >= 4 is 45.8 Å². The third kappa shape index (κ3) is 3.47. The molecule has 3 aromatic rings. The lowest BCUT2D eigenvalue weighted by Crippen LogP contribution is -2.41. The van der Waals surface area contributed by atoms with Crippen LogP contribution in [0.3, 0.4) is 0 Å². The van der Waals surface area contributed by atoms with Gasteiger partial charge in [0.25, 0.3) is 5.91 Å². The van der Waals surface area contributed by atoms with Crippen molar-refractivity contribution in [3.8, 4) is 0 Å². The second-order valence-electron chi connectivity index (χ2n) is 4.88. The van der Waals surface area contributed by atoms with Crippen LogP contribution in [0.2, 0.25) is 10.0 Å². The molecule has 0 spiro atoms. The largest absolute Gasteiger partial charge is 0.350 e. The van der Waals surface area contributed by atoms with Gasteiger partial charge in [-0.05, 0) is 36.4 Å². The highest BCUT2D eigenvalue weighted by atomic mass is 35.5. The number of fused-ring (bicyclic) bond motifs is 1. The number of rotatable bonds is 2. The molecule has 5 nitrogen and oxygen atoms in total. The zero-order valence-electron chi connectivity index (χ0n) is 11.8. The van der Waals surface area contributed by atoms with Gasteiger partial charge >= 0.3 is 0 Å². The van der Waals surface area contributed by atoms with E-state index in [-0.39, 0.29) is 11.7 Å². The van der Waals surface area contributed by atoms with E-state index in [1.165, 1.54) is 0 Å². The van der Waals surface area contributed by atoms with Gasteiger partial charge in [-0.2, -0.15) is 0 Å². The number of halogens is 2. The van der Waals surface area contributed by atoms with Gasteiger partial charge in [0.05, 0.1) is 0 Å². The summed E-state index contributed by atoms with van der Waals surface area (Å²) in [5, 5.41) is 9.87. The quantitative estimate of drug-likeness (QED) is 0.324. The van der Waals surface area contributed by atoms with Crippen molar-refractivity contribution in [2.45, 2.75) is 0 Å². The highest BCUT2D eigenvalue weighted by molar-refractivity contribution is 6.31. The fourth-order valence-electron chi connectivity index (χ4n) is 2.13. The van der Waals surface area contributed by atoms with Crippen LogP contribution in [0.25, 0.3) is 10.9 Å². The topological polar surface area (TPSA) is 80.8 Å². The van der Waals surface area contributed by atoms with E-state index in [0.29, 0.717) is 21.3 Å². The normalized spacial score (nSPS) is 10.5. The Morgan fingerprint density at radius 1 is 1.00 bits per heavy atom. The van der Waals surface area contributed by atoms with Crippen LogP contribution in [0.1, 0.15) is 16.1 Å². The summed E-state index contributed by atoms with van der Waals surface area (Å²) in [6, 6.07) is 13.8. The van der Waals surface area contributed by atoms with E-state index in [0.717, 1.165) is 10.9 Å². The van der Waals surface area contributed by atoms with E-state index >= 15 is 0 Å². The number of carbonyl (C=O) groups is 1. The number of aromatic amines is 1. The molecule has 116 valence electrons. The van der Waals surface area contributed by atoms with Crippen molar-refractivity contribution in [2.24, 2.45) is 0 Å². The van der Waals surface area contributed by atoms with Gasteiger partial charge in [-0.15, -0.1) is 0 Å². The SMILES string of the molecule is N=C(NNC(=O)c1cc2cc(Cl)ccc2[nH]1)c1cccc(Cl)c1. The number of carbonyl (C=O) groups excluding carboxylic acids is 1. The third-order valence-corrected chi connectivity index (χ3v) is 3.71. The van der Waals surface area contributed by atoms with Gasteiger partial charge in [-0.25, -0.2) is 0 Å². The summed E-state index contributed by atoms with van der Waals surface area (Å²) in [7, 11) is 0. The zero-order valence-corrected chi connectivity index (χ0v) is 13.3. The smallest absolute Gasteiger partial charge is 0.286 e. The Kier molecular flexibility index (Phi) is 4.23. The molecular formula is C16H12Cl2N4O. The summed E-state index contributed by atoms with van der Waals surface area (Å²) in [4.78, 5) is 15.1. The maximum atomic E-state index is 12.1. The highest BCUT2D eigenvalue weighted by Crippen LogP contribution is 2.20. The molecule has 2 aromatic carbocycles. The predicted octanol–water partition coefficient (Wildman–Crippen LogP) is 3.73. The molecule has 1 heterocycles. The van der Waals surface area contributed by atoms with Crippen molar-refractivity contribution < 1.29 is 4.79 Å². The molecule has 7 heteroatoms. The average Bonchev–Trinajstić information content (AvgIpc) is 2.95. The standard InChI is InChI=1S/C16H12Cl2N4O/c17-11-3-1-2-9(6-11)15(19)21-22-16(23)14-8-10-7-12(18)4-5-13(10)20-14/h1-8,20H,(H2,19,21)(H,22,23). The fourth-order valence-corrected chi connectivity index (χ4v) is 2.50. The highest BCUT2D eigenvalue weighted by Gasteiger charge is 2.10. The van der Waals surface area contributed by atoms with Gasteiger partial charge in [0.2, 0.25) is 0 Å². The first-order valence-electron chi connectivity index (χ1n) is 6.72. The number of nitrogens with one attached hydrogen (secondary N) is 4. The Balaban J connectivity index is 1.69. The summed E-state index contributed by atoms with van der Waals surface area (Å²) in [6.45, 7) is 0. The molecule has 0 aliphatic heterocycles. The molecule has 0 saturated heterocycles. The molecule has 1 aromatic heterocycles. The Bertz CT molecular complexity index is 904. The van der Waals surface area contributed by atoms with Gasteiger partial charge in [0.1, 0.15) is 11.5 Å². The van der Waals surface area contributed by atoms with Crippen LogP contribution in [0, 0.1) is 5.41 Å². The lowest BCUT2D eigenvalue weighted by molar-refractivity contribution is 0.0939. The Morgan fingerprint density at radius 2 is 1.78 bits per heavy atom. The molecule has 0 fully saturated rings. The van der Waals surface area contributed by atoms with Crippen LogP contribution < -0.4 is 10.9 Å². The summed E-state index contributed by atoms with van der Waals surface area (Å²) in [5.41, 5.74) is 6.78. The van der Waals surface area contributed by atoms with E-state index < -0.39 is 0 Å². The molecule has 0 atom stereocenters. The molecule has 0 radical (unpaired) electrons. The second kappa shape index (κ2) is 6.32. The van der Waals surface area contributed by atoms with E-state index in [1.54, 1.807) is 48.5 Å². The Hall–Kier alpha value is -2.50. The van der Waals surface area contributed by atoms with Crippen LogP contribution in [-0.4, -0.2) is 16.7 Å². The minimum Gasteiger partial charge on any atom is -0.350 e. The van der Waals surface area contributed by atoms with Crippen LogP contribution in [0.5, 0.6) is 0 Å². The monoisotopic (exact) mass is 346 g/mol. The molecule has 0 aliphatic carbocycles. The van der Waals surface area contributed by atoms with Crippen molar-refractivity contribution in [1.82, 2.24) is 15.8 Å². The summed E-state index contributed by atoms with van der Waals surface area (Å²) in [6.07, 6.45) is 0. The first-order valence-corrected chi connectivity index (χ1v) is 7.47. The van der Waals surface area contributed by atoms with Crippen LogP contribution >= 0.6 is 23.2 Å². The third-order valence-electron chi connectivity index (χ3n) is 3.24. The molecule has 23 heavy (non-hydrogen) atoms. The molecule has 0 unspecified atom stereocenters. The minimum absolute atomic E-state index is 0.0417. The number of hydrazine groups is 1. The lowest BCUT2D eigenvalue weighted by atomic mass is 10.2. The average molecular weight is 347 g/mol. The van der Waals surface area contributed by atoms with E-state index in [9.17, 15) is 4.79 Å². The van der Waals surface area contributed by atoms with Crippen LogP contribution in [-0.2, 0) is 0 Å². The van der Waals surface area contributed by atoms with Gasteiger partial charge in [0.15, 0.2) is 0 Å². The first kappa shape index (κ1) is 15.4. The van der Waals surface area contributed by atoms with Crippen molar-refractivity contribution in [1.29, 1.82) is 5.41 Å². The van der Waals surface area contributed by atoms with Gasteiger partial charge in [-0.1, -0.05) is 35.3 Å². The summed E-state index contributed by atoms with van der Waals surface area (Å²) in [5.74, 6) is -0.343. The molecule has 0 saturated carbocycles. The molecule has 3 rings (SSSR count). The fraction of sp³-hybridized carbons (Fsp3) is 0. The van der Waals surface area contributed by atoms with Crippen LogP contribution in [0.4, 0.5) is 0 Å². The number of H-pyrrole nitrogens is 1. The van der Waals surface area contributed by atoms with Crippen molar-refractivity contribution in [3.63, 3.8) is 0 Å². The number of aromatic nitrogens is 1. The Labute approximate surface area is 142 Å². The number of hydrogen-bond donors (Lipinski definition) is 4. The predicted molar refractivity (Wildman–Crippen MR) is 92.2 cm³/mol. The lowest BCUT2D eigenvalue weighted by Gasteiger charge is -2.09. The molecule has 0 bridgehead atoms. The number of hydrogen-bond acceptors (Lipinski definition) is 2. The zero-order chi connectivity index (χ0) is 16.4. The minimum atomic E-state index is -0.385. The number of amides is 1. The summed E-state index contributed by atoms with van der Waals surface area (Å²) < 4.78 is 0. The molecule has 4 N–H and O–H groups in total. The first-order chi connectivity index (χ1) is 11.0. The maximum absolute atomic E-state index is 12.1. The van der Waals surface area contributed by atoms with Gasteiger partial charge in [0, 0.05) is 26.5 Å². The second-order valence-corrected chi connectivity index (χ2v) is 5.75. The van der Waals surface area contributed by atoms with Crippen molar-refractivity contribution in [3.05, 3.63) is 69.8 Å². The maximum Gasteiger partial charge on any atom is 0.286 e. The molecular weight excluding hydrogens is 335 g/mol. The number of benzene rings is 2. The number of amidine groups is 1. The van der Waals surface area contributed by atoms with Gasteiger partial charge in [-0.3, -0.25) is 21.1 Å². The molecule has 0 aliphatic rings. The Morgan fingerprint density at radius 3 is 2.57 bits per heavy atom. The van der Waals surface area contributed by atoms with E-state index in [2.05, 4.69) is 15.8 Å². The molecule has 1 amide bonds. The van der Waals surface area contributed by atoms with E-state index in [1.807, 2.05) is 0 Å². The van der Waals surface area contributed by atoms with Crippen molar-refractivity contribution in [2.75, 3.05) is 0 Å². The van der Waals surface area contributed by atoms with Crippen LogP contribution in [0.15, 0.2) is 48.5 Å². The van der Waals surface area contributed by atoms with Gasteiger partial charge < -0.3 is 4.98 Å².